The zero-order valence-corrected chi connectivity index (χ0v) is 6.88. The van der Waals surface area contributed by atoms with Crippen molar-refractivity contribution in [2.75, 3.05) is 0 Å². The lowest BCUT2D eigenvalue weighted by atomic mass is 10.1. The van der Waals surface area contributed by atoms with Gasteiger partial charge in [0.15, 0.2) is 0 Å². The SMILES string of the molecule is N#Cc1c(N=[N+]=[N-])cccc1C(=O)O. The summed E-state index contributed by atoms with van der Waals surface area (Å²) in [4.78, 5) is 13.1. The van der Waals surface area contributed by atoms with Gasteiger partial charge in [-0.3, -0.25) is 0 Å². The highest BCUT2D eigenvalue weighted by molar-refractivity contribution is 5.92. The topological polar surface area (TPSA) is 110 Å². The highest BCUT2D eigenvalue weighted by Crippen LogP contribution is 2.22. The maximum Gasteiger partial charge on any atom is 0.337 e. The van der Waals surface area contributed by atoms with Gasteiger partial charge in [0.2, 0.25) is 0 Å². The number of benzene rings is 1. The second-order valence-corrected chi connectivity index (χ2v) is 2.31. The van der Waals surface area contributed by atoms with Crippen LogP contribution in [-0.2, 0) is 0 Å². The van der Waals surface area contributed by atoms with Crippen LogP contribution >= 0.6 is 0 Å². The minimum absolute atomic E-state index is 0.0231. The molecule has 6 heteroatoms. The molecule has 0 atom stereocenters. The van der Waals surface area contributed by atoms with Crippen LogP contribution in [0.1, 0.15) is 15.9 Å². The van der Waals surface area contributed by atoms with E-state index in [0.717, 1.165) is 0 Å². The number of hydrogen-bond acceptors (Lipinski definition) is 3. The first-order chi connectivity index (χ1) is 6.70. The van der Waals surface area contributed by atoms with Crippen LogP contribution in [0.2, 0.25) is 0 Å². The summed E-state index contributed by atoms with van der Waals surface area (Å²) in [5.74, 6) is -1.23. The molecule has 0 amide bonds. The van der Waals surface area contributed by atoms with Gasteiger partial charge < -0.3 is 5.11 Å². The van der Waals surface area contributed by atoms with Gasteiger partial charge in [0, 0.05) is 4.91 Å². The highest BCUT2D eigenvalue weighted by atomic mass is 16.4. The Kier molecular flexibility index (Phi) is 2.69. The number of hydrogen-bond donors (Lipinski definition) is 1. The molecule has 0 saturated heterocycles. The van der Waals surface area contributed by atoms with Crippen LogP contribution in [0.5, 0.6) is 0 Å². The number of azide groups is 1. The lowest BCUT2D eigenvalue weighted by molar-refractivity contribution is 0.0696. The molecule has 0 fully saturated rings. The minimum Gasteiger partial charge on any atom is -0.478 e. The molecule has 68 valence electrons. The highest BCUT2D eigenvalue weighted by Gasteiger charge is 2.12. The van der Waals surface area contributed by atoms with E-state index in [1.807, 2.05) is 0 Å². The summed E-state index contributed by atoms with van der Waals surface area (Å²) in [6.45, 7) is 0. The number of nitrogens with zero attached hydrogens (tertiary/aromatic N) is 4. The number of carboxylic acids is 1. The van der Waals surface area contributed by atoms with Gasteiger partial charge in [-0.05, 0) is 11.6 Å². The van der Waals surface area contributed by atoms with E-state index in [-0.39, 0.29) is 16.8 Å². The van der Waals surface area contributed by atoms with Crippen molar-refractivity contribution < 1.29 is 9.90 Å². The molecule has 1 rings (SSSR count). The van der Waals surface area contributed by atoms with E-state index in [1.54, 1.807) is 6.07 Å². The molecule has 0 aromatic heterocycles. The summed E-state index contributed by atoms with van der Waals surface area (Å²) in [6, 6.07) is 5.75. The zero-order chi connectivity index (χ0) is 10.6. The van der Waals surface area contributed by atoms with Gasteiger partial charge in [-0.1, -0.05) is 17.2 Å². The smallest absolute Gasteiger partial charge is 0.337 e. The molecule has 0 aliphatic heterocycles. The van der Waals surface area contributed by atoms with Gasteiger partial charge in [0.1, 0.15) is 6.07 Å². The minimum atomic E-state index is -1.23. The monoisotopic (exact) mass is 188 g/mol. The standard InChI is InChI=1S/C8H4N4O2/c9-4-6-5(8(13)14)2-1-3-7(6)11-12-10/h1-3H,(H,13,14). The van der Waals surface area contributed by atoms with Crippen molar-refractivity contribution in [3.63, 3.8) is 0 Å². The molecular formula is C8H4N4O2. The molecule has 1 aromatic carbocycles. The van der Waals surface area contributed by atoms with Gasteiger partial charge in [0.25, 0.3) is 0 Å². The maximum absolute atomic E-state index is 10.7. The molecule has 0 saturated carbocycles. The van der Waals surface area contributed by atoms with Crippen molar-refractivity contribution in [3.05, 3.63) is 39.8 Å². The fourth-order valence-electron chi connectivity index (χ4n) is 0.967. The largest absolute Gasteiger partial charge is 0.478 e. The summed E-state index contributed by atoms with van der Waals surface area (Å²) in [6.07, 6.45) is 0. The summed E-state index contributed by atoms with van der Waals surface area (Å²) in [5, 5.41) is 20.6. The molecule has 0 spiro atoms. The van der Waals surface area contributed by atoms with Crippen molar-refractivity contribution in [2.45, 2.75) is 0 Å². The first-order valence-corrected chi connectivity index (χ1v) is 3.52. The lowest BCUT2D eigenvalue weighted by Crippen LogP contribution is -1.99. The average Bonchev–Trinajstić information content (AvgIpc) is 2.18. The van der Waals surface area contributed by atoms with Crippen LogP contribution in [0.4, 0.5) is 5.69 Å². The van der Waals surface area contributed by atoms with Crippen molar-refractivity contribution >= 4 is 11.7 Å². The molecule has 0 bridgehead atoms. The molecule has 0 aliphatic carbocycles. The quantitative estimate of drug-likeness (QED) is 0.436. The van der Waals surface area contributed by atoms with Crippen LogP contribution in [0, 0.1) is 11.3 Å². The van der Waals surface area contributed by atoms with E-state index in [2.05, 4.69) is 10.0 Å². The van der Waals surface area contributed by atoms with Crippen LogP contribution in [0.15, 0.2) is 23.3 Å². The number of rotatable bonds is 2. The lowest BCUT2D eigenvalue weighted by Gasteiger charge is -1.99. The Morgan fingerprint density at radius 1 is 1.64 bits per heavy atom. The van der Waals surface area contributed by atoms with Crippen molar-refractivity contribution in [2.24, 2.45) is 5.11 Å². The van der Waals surface area contributed by atoms with E-state index in [4.69, 9.17) is 15.9 Å². The fraction of sp³-hybridized carbons (Fsp3) is 0. The molecule has 0 aliphatic rings. The molecule has 0 radical (unpaired) electrons. The number of aromatic carboxylic acids is 1. The summed E-state index contributed by atoms with van der Waals surface area (Å²) >= 11 is 0. The zero-order valence-electron chi connectivity index (χ0n) is 6.88. The molecule has 6 nitrogen and oxygen atoms in total. The van der Waals surface area contributed by atoms with Crippen molar-refractivity contribution in [1.82, 2.24) is 0 Å². The Labute approximate surface area is 78.6 Å². The summed E-state index contributed by atoms with van der Waals surface area (Å²) < 4.78 is 0. The Balaban J connectivity index is 3.49. The average molecular weight is 188 g/mol. The number of nitriles is 1. The Morgan fingerprint density at radius 2 is 2.36 bits per heavy atom. The Bertz CT molecular complexity index is 448. The molecule has 0 heterocycles. The normalized spacial score (nSPS) is 8.50. The Hall–Kier alpha value is -2.51. The second kappa shape index (κ2) is 3.94. The molecule has 0 unspecified atom stereocenters. The molecule has 1 aromatic rings. The van der Waals surface area contributed by atoms with E-state index in [0.29, 0.717) is 0 Å². The van der Waals surface area contributed by atoms with Gasteiger partial charge in [0.05, 0.1) is 16.8 Å². The number of carboxylic acid groups (broad SMARTS) is 1. The predicted octanol–water partition coefficient (Wildman–Crippen LogP) is 2.20. The second-order valence-electron chi connectivity index (χ2n) is 2.31. The van der Waals surface area contributed by atoms with Crippen LogP contribution in [0.3, 0.4) is 0 Å². The third-order valence-corrected chi connectivity index (χ3v) is 1.54. The summed E-state index contributed by atoms with van der Waals surface area (Å²) in [5.41, 5.74) is 7.90. The van der Waals surface area contributed by atoms with E-state index in [9.17, 15) is 4.79 Å². The van der Waals surface area contributed by atoms with Crippen LogP contribution in [0.25, 0.3) is 10.4 Å². The predicted molar refractivity (Wildman–Crippen MR) is 46.9 cm³/mol. The van der Waals surface area contributed by atoms with Gasteiger partial charge >= 0.3 is 5.97 Å². The van der Waals surface area contributed by atoms with E-state index in [1.165, 1.54) is 18.2 Å². The molecule has 14 heavy (non-hydrogen) atoms. The fourth-order valence-corrected chi connectivity index (χ4v) is 0.967. The van der Waals surface area contributed by atoms with Crippen molar-refractivity contribution in [3.8, 4) is 6.07 Å². The van der Waals surface area contributed by atoms with Crippen molar-refractivity contribution in [1.29, 1.82) is 5.26 Å². The van der Waals surface area contributed by atoms with Gasteiger partial charge in [-0.2, -0.15) is 5.26 Å². The number of carbonyl (C=O) groups is 1. The maximum atomic E-state index is 10.7. The van der Waals surface area contributed by atoms with Gasteiger partial charge in [-0.15, -0.1) is 0 Å². The molecular weight excluding hydrogens is 184 g/mol. The first-order valence-electron chi connectivity index (χ1n) is 3.52. The third kappa shape index (κ3) is 1.63. The van der Waals surface area contributed by atoms with Gasteiger partial charge in [-0.25, -0.2) is 4.79 Å². The third-order valence-electron chi connectivity index (χ3n) is 1.54. The van der Waals surface area contributed by atoms with E-state index < -0.39 is 5.97 Å². The van der Waals surface area contributed by atoms with Crippen LogP contribution < -0.4 is 0 Å². The first kappa shape index (κ1) is 9.58. The Morgan fingerprint density at radius 3 is 2.86 bits per heavy atom. The van der Waals surface area contributed by atoms with E-state index >= 15 is 0 Å². The summed E-state index contributed by atoms with van der Waals surface area (Å²) in [7, 11) is 0. The molecule has 1 N–H and O–H groups in total. The van der Waals surface area contributed by atoms with Crippen LogP contribution in [-0.4, -0.2) is 11.1 Å².